The van der Waals surface area contributed by atoms with Gasteiger partial charge in [0.2, 0.25) is 0 Å². The highest BCUT2D eigenvalue weighted by Crippen LogP contribution is 2.28. The van der Waals surface area contributed by atoms with Crippen LogP contribution in [0.15, 0.2) is 6.20 Å². The van der Waals surface area contributed by atoms with Gasteiger partial charge in [-0.15, -0.1) is 0 Å². The maximum absolute atomic E-state index is 6.26. The topological polar surface area (TPSA) is 53.1 Å². The summed E-state index contributed by atoms with van der Waals surface area (Å²) in [4.78, 5) is 0. The third-order valence-electron chi connectivity index (χ3n) is 3.10. The molecule has 2 heterocycles. The van der Waals surface area contributed by atoms with Gasteiger partial charge in [-0.1, -0.05) is 6.92 Å². The summed E-state index contributed by atoms with van der Waals surface area (Å²) < 4.78 is 7.22. The summed E-state index contributed by atoms with van der Waals surface area (Å²) in [5.74, 6) is 0.458. The lowest BCUT2D eigenvalue weighted by atomic mass is 9.93. The molecule has 1 fully saturated rings. The highest BCUT2D eigenvalue weighted by Gasteiger charge is 2.26. The van der Waals surface area contributed by atoms with Gasteiger partial charge in [0, 0.05) is 37.4 Å². The largest absolute Gasteiger partial charge is 0.381 e. The van der Waals surface area contributed by atoms with Gasteiger partial charge in [0.1, 0.15) is 0 Å². The zero-order valence-electron chi connectivity index (χ0n) is 9.44. The molecule has 0 aromatic carbocycles. The molecule has 1 saturated heterocycles. The first-order chi connectivity index (χ1) is 7.22. The van der Waals surface area contributed by atoms with Crippen molar-refractivity contribution in [2.45, 2.75) is 25.8 Å². The Morgan fingerprint density at radius 2 is 2.53 bits per heavy atom. The summed E-state index contributed by atoms with van der Waals surface area (Å²) >= 11 is 0. The Bertz CT molecular complexity index is 329. The summed E-state index contributed by atoms with van der Waals surface area (Å²) in [7, 11) is 1.94. The zero-order valence-corrected chi connectivity index (χ0v) is 9.44. The molecule has 4 nitrogen and oxygen atoms in total. The van der Waals surface area contributed by atoms with Gasteiger partial charge in [-0.25, -0.2) is 0 Å². The molecule has 4 heteroatoms. The SMILES string of the molecule is CCc1nn(C)cc1C(N)C1CCOC1. The maximum atomic E-state index is 6.26. The van der Waals surface area contributed by atoms with Crippen LogP contribution in [0.4, 0.5) is 0 Å². The van der Waals surface area contributed by atoms with Gasteiger partial charge in [-0.3, -0.25) is 4.68 Å². The minimum atomic E-state index is 0.0798. The Hall–Kier alpha value is -0.870. The fraction of sp³-hybridized carbons (Fsp3) is 0.727. The fourth-order valence-corrected chi connectivity index (χ4v) is 2.20. The van der Waals surface area contributed by atoms with E-state index >= 15 is 0 Å². The van der Waals surface area contributed by atoms with Gasteiger partial charge >= 0.3 is 0 Å². The summed E-state index contributed by atoms with van der Waals surface area (Å²) in [5, 5.41) is 4.42. The van der Waals surface area contributed by atoms with E-state index in [2.05, 4.69) is 12.0 Å². The number of aromatic nitrogens is 2. The van der Waals surface area contributed by atoms with Crippen LogP contribution in [-0.4, -0.2) is 23.0 Å². The van der Waals surface area contributed by atoms with E-state index in [9.17, 15) is 0 Å². The molecule has 2 unspecified atom stereocenters. The molecular formula is C11H19N3O. The highest BCUT2D eigenvalue weighted by molar-refractivity contribution is 5.22. The van der Waals surface area contributed by atoms with Gasteiger partial charge in [0.15, 0.2) is 0 Å². The number of rotatable bonds is 3. The normalized spacial score (nSPS) is 23.3. The molecule has 2 atom stereocenters. The summed E-state index contributed by atoms with van der Waals surface area (Å²) in [6.45, 7) is 3.75. The molecule has 0 spiro atoms. The van der Waals surface area contributed by atoms with Gasteiger partial charge in [0.25, 0.3) is 0 Å². The van der Waals surface area contributed by atoms with Gasteiger partial charge in [-0.2, -0.15) is 5.10 Å². The van der Waals surface area contributed by atoms with Crippen LogP contribution in [0.2, 0.25) is 0 Å². The molecule has 15 heavy (non-hydrogen) atoms. The van der Waals surface area contributed by atoms with E-state index in [0.29, 0.717) is 5.92 Å². The van der Waals surface area contributed by atoms with Crippen LogP contribution >= 0.6 is 0 Å². The molecule has 1 aromatic heterocycles. The first-order valence-corrected chi connectivity index (χ1v) is 5.58. The van der Waals surface area contributed by atoms with Crippen molar-refractivity contribution in [1.82, 2.24) is 9.78 Å². The fourth-order valence-electron chi connectivity index (χ4n) is 2.20. The average Bonchev–Trinajstić information content (AvgIpc) is 2.84. The average molecular weight is 209 g/mol. The van der Waals surface area contributed by atoms with Crippen LogP contribution in [0.5, 0.6) is 0 Å². The lowest BCUT2D eigenvalue weighted by molar-refractivity contribution is 0.181. The number of hydrogen-bond donors (Lipinski definition) is 1. The Kier molecular flexibility index (Phi) is 3.07. The van der Waals surface area contributed by atoms with Crippen molar-refractivity contribution in [1.29, 1.82) is 0 Å². The van der Waals surface area contributed by atoms with Crippen molar-refractivity contribution in [2.24, 2.45) is 18.7 Å². The van der Waals surface area contributed by atoms with Crippen molar-refractivity contribution in [3.05, 3.63) is 17.5 Å². The number of nitrogens with zero attached hydrogens (tertiary/aromatic N) is 2. The standard InChI is InChI=1S/C11H19N3O/c1-3-10-9(6-14(2)13-10)11(12)8-4-5-15-7-8/h6,8,11H,3-5,7,12H2,1-2H3. The lowest BCUT2D eigenvalue weighted by Gasteiger charge is -2.17. The quantitative estimate of drug-likeness (QED) is 0.808. The van der Waals surface area contributed by atoms with Crippen LogP contribution in [0, 0.1) is 5.92 Å². The number of aryl methyl sites for hydroxylation is 2. The summed E-state index contributed by atoms with van der Waals surface area (Å²) in [6.07, 6.45) is 4.05. The molecule has 0 bridgehead atoms. The minimum Gasteiger partial charge on any atom is -0.381 e. The predicted octanol–water partition coefficient (Wildman–Crippen LogP) is 1.02. The first kappa shape index (κ1) is 10.6. The van der Waals surface area contributed by atoms with Gasteiger partial charge in [-0.05, 0) is 12.8 Å². The molecule has 1 aromatic rings. The van der Waals surface area contributed by atoms with Gasteiger partial charge in [0.05, 0.1) is 12.3 Å². The van der Waals surface area contributed by atoms with Crippen molar-refractivity contribution in [2.75, 3.05) is 13.2 Å². The third-order valence-corrected chi connectivity index (χ3v) is 3.10. The summed E-state index contributed by atoms with van der Waals surface area (Å²) in [5.41, 5.74) is 8.57. The van der Waals surface area contributed by atoms with E-state index in [1.165, 1.54) is 5.56 Å². The van der Waals surface area contributed by atoms with E-state index in [0.717, 1.165) is 31.7 Å². The predicted molar refractivity (Wildman–Crippen MR) is 58.4 cm³/mol. The molecular weight excluding hydrogens is 190 g/mol. The number of hydrogen-bond acceptors (Lipinski definition) is 3. The van der Waals surface area contributed by atoms with Crippen LogP contribution in [0.25, 0.3) is 0 Å². The minimum absolute atomic E-state index is 0.0798. The van der Waals surface area contributed by atoms with E-state index in [-0.39, 0.29) is 6.04 Å². The Labute approximate surface area is 90.4 Å². The molecule has 2 N–H and O–H groups in total. The zero-order chi connectivity index (χ0) is 10.8. The van der Waals surface area contributed by atoms with Crippen LogP contribution < -0.4 is 5.73 Å². The van der Waals surface area contributed by atoms with Crippen LogP contribution in [0.1, 0.15) is 30.6 Å². The Morgan fingerprint density at radius 1 is 1.73 bits per heavy atom. The van der Waals surface area contributed by atoms with Crippen LogP contribution in [0.3, 0.4) is 0 Å². The van der Waals surface area contributed by atoms with Gasteiger partial charge < -0.3 is 10.5 Å². The van der Waals surface area contributed by atoms with E-state index in [1.807, 2.05) is 17.9 Å². The second-order valence-corrected chi connectivity index (χ2v) is 4.21. The van der Waals surface area contributed by atoms with E-state index in [4.69, 9.17) is 10.5 Å². The second kappa shape index (κ2) is 4.33. The second-order valence-electron chi connectivity index (χ2n) is 4.21. The number of ether oxygens (including phenoxy) is 1. The molecule has 1 aliphatic heterocycles. The Balaban J connectivity index is 2.19. The third kappa shape index (κ3) is 2.06. The Morgan fingerprint density at radius 3 is 3.13 bits per heavy atom. The van der Waals surface area contributed by atoms with Crippen molar-refractivity contribution >= 4 is 0 Å². The lowest BCUT2D eigenvalue weighted by Crippen LogP contribution is -2.22. The molecule has 2 rings (SSSR count). The van der Waals surface area contributed by atoms with Crippen molar-refractivity contribution in [3.63, 3.8) is 0 Å². The summed E-state index contributed by atoms with van der Waals surface area (Å²) in [6, 6.07) is 0.0798. The van der Waals surface area contributed by atoms with Crippen molar-refractivity contribution in [3.8, 4) is 0 Å². The van der Waals surface area contributed by atoms with E-state index < -0.39 is 0 Å². The first-order valence-electron chi connectivity index (χ1n) is 5.58. The van der Waals surface area contributed by atoms with Crippen LogP contribution in [-0.2, 0) is 18.2 Å². The molecule has 1 aliphatic rings. The van der Waals surface area contributed by atoms with E-state index in [1.54, 1.807) is 0 Å². The molecule has 0 aliphatic carbocycles. The van der Waals surface area contributed by atoms with Crippen molar-refractivity contribution < 1.29 is 4.74 Å². The highest BCUT2D eigenvalue weighted by atomic mass is 16.5. The smallest absolute Gasteiger partial charge is 0.0669 e. The molecule has 0 amide bonds. The monoisotopic (exact) mass is 209 g/mol. The molecule has 0 radical (unpaired) electrons. The molecule has 84 valence electrons. The maximum Gasteiger partial charge on any atom is 0.0669 e. The number of nitrogens with two attached hydrogens (primary N) is 1. The molecule has 0 saturated carbocycles.